The molecule has 2 rings (SSSR count). The average Bonchev–Trinajstić information content (AvgIpc) is 2.63. The quantitative estimate of drug-likeness (QED) is 0.760. The lowest BCUT2D eigenvalue weighted by Gasteiger charge is -2.16. The highest BCUT2D eigenvalue weighted by Gasteiger charge is 2.32. The van der Waals surface area contributed by atoms with Gasteiger partial charge in [-0.15, -0.1) is 0 Å². The van der Waals surface area contributed by atoms with Crippen molar-refractivity contribution in [1.82, 2.24) is 4.98 Å². The maximum Gasteiger partial charge on any atom is 0.390 e. The molecular formula is C11H11F3N2O. The SMILES string of the molecule is N[C@@H](CC(F)(F)F)c1ccc2[nH]ccc2c1O. The van der Waals surface area contributed by atoms with Crippen LogP contribution in [0.1, 0.15) is 18.0 Å². The number of aromatic nitrogens is 1. The molecule has 0 aliphatic rings. The molecule has 92 valence electrons. The topological polar surface area (TPSA) is 62.0 Å². The van der Waals surface area contributed by atoms with Crippen LogP contribution in [0.3, 0.4) is 0 Å². The van der Waals surface area contributed by atoms with Crippen LogP contribution < -0.4 is 5.73 Å². The summed E-state index contributed by atoms with van der Waals surface area (Å²) in [6, 6.07) is 3.34. The first kappa shape index (κ1) is 11.8. The van der Waals surface area contributed by atoms with Crippen LogP contribution >= 0.6 is 0 Å². The van der Waals surface area contributed by atoms with Gasteiger partial charge in [-0.3, -0.25) is 0 Å². The Morgan fingerprint density at radius 2 is 2.00 bits per heavy atom. The van der Waals surface area contributed by atoms with Crippen molar-refractivity contribution in [3.8, 4) is 5.75 Å². The van der Waals surface area contributed by atoms with Crippen molar-refractivity contribution >= 4 is 10.9 Å². The van der Waals surface area contributed by atoms with Crippen LogP contribution in [0.2, 0.25) is 0 Å². The summed E-state index contributed by atoms with van der Waals surface area (Å²) in [5.41, 5.74) is 6.22. The molecule has 4 N–H and O–H groups in total. The first-order chi connectivity index (χ1) is 7.88. The van der Waals surface area contributed by atoms with Crippen LogP contribution in [-0.4, -0.2) is 16.3 Å². The van der Waals surface area contributed by atoms with Crippen LogP contribution in [0.4, 0.5) is 13.2 Å². The van der Waals surface area contributed by atoms with Gasteiger partial charge < -0.3 is 15.8 Å². The first-order valence-electron chi connectivity index (χ1n) is 5.00. The van der Waals surface area contributed by atoms with Crippen molar-refractivity contribution in [2.75, 3.05) is 0 Å². The summed E-state index contributed by atoms with van der Waals surface area (Å²) >= 11 is 0. The largest absolute Gasteiger partial charge is 0.507 e. The van der Waals surface area contributed by atoms with Gasteiger partial charge in [0, 0.05) is 28.7 Å². The number of nitrogens with two attached hydrogens (primary N) is 1. The lowest BCUT2D eigenvalue weighted by molar-refractivity contribution is -0.138. The van der Waals surface area contributed by atoms with Crippen LogP contribution in [0.5, 0.6) is 5.75 Å². The molecule has 0 fully saturated rings. The highest BCUT2D eigenvalue weighted by molar-refractivity contribution is 5.87. The van der Waals surface area contributed by atoms with Crippen molar-refractivity contribution < 1.29 is 18.3 Å². The number of hydrogen-bond acceptors (Lipinski definition) is 2. The monoisotopic (exact) mass is 244 g/mol. The third kappa shape index (κ3) is 2.36. The summed E-state index contributed by atoms with van der Waals surface area (Å²) in [4.78, 5) is 2.85. The van der Waals surface area contributed by atoms with E-state index in [4.69, 9.17) is 5.73 Å². The molecule has 0 saturated heterocycles. The number of phenols is 1. The highest BCUT2D eigenvalue weighted by atomic mass is 19.4. The van der Waals surface area contributed by atoms with Gasteiger partial charge >= 0.3 is 6.18 Å². The summed E-state index contributed by atoms with van der Waals surface area (Å²) in [6.07, 6.45) is -3.90. The van der Waals surface area contributed by atoms with Crippen molar-refractivity contribution in [1.29, 1.82) is 0 Å². The Balaban J connectivity index is 2.38. The van der Waals surface area contributed by atoms with Gasteiger partial charge in [-0.05, 0) is 12.1 Å². The van der Waals surface area contributed by atoms with E-state index in [0.29, 0.717) is 10.9 Å². The second-order valence-corrected chi connectivity index (χ2v) is 3.87. The highest BCUT2D eigenvalue weighted by Crippen LogP contribution is 2.35. The molecule has 0 spiro atoms. The summed E-state index contributed by atoms with van der Waals surface area (Å²) in [7, 11) is 0. The number of fused-ring (bicyclic) bond motifs is 1. The molecule has 0 bridgehead atoms. The Kier molecular flexibility index (Phi) is 2.74. The minimum atomic E-state index is -4.35. The van der Waals surface area contributed by atoms with Crippen LogP contribution in [0.25, 0.3) is 10.9 Å². The minimum Gasteiger partial charge on any atom is -0.507 e. The summed E-state index contributed by atoms with van der Waals surface area (Å²) in [5.74, 6) is -0.194. The second-order valence-electron chi connectivity index (χ2n) is 3.87. The van der Waals surface area contributed by atoms with Crippen molar-refractivity contribution in [2.45, 2.75) is 18.6 Å². The van der Waals surface area contributed by atoms with E-state index in [0.717, 1.165) is 0 Å². The summed E-state index contributed by atoms with van der Waals surface area (Å²) in [5, 5.41) is 10.3. The van der Waals surface area contributed by atoms with Crippen molar-refractivity contribution in [3.05, 3.63) is 30.0 Å². The zero-order chi connectivity index (χ0) is 12.6. The lowest BCUT2D eigenvalue weighted by Crippen LogP contribution is -2.20. The Morgan fingerprint density at radius 3 is 2.65 bits per heavy atom. The second kappa shape index (κ2) is 3.96. The normalized spacial score (nSPS) is 14.1. The van der Waals surface area contributed by atoms with Gasteiger partial charge in [-0.1, -0.05) is 6.07 Å². The zero-order valence-electron chi connectivity index (χ0n) is 8.75. The number of aromatic amines is 1. The predicted molar refractivity (Wildman–Crippen MR) is 57.6 cm³/mol. The van der Waals surface area contributed by atoms with E-state index in [1.807, 2.05) is 0 Å². The van der Waals surface area contributed by atoms with E-state index in [-0.39, 0.29) is 11.3 Å². The number of alkyl halides is 3. The smallest absolute Gasteiger partial charge is 0.390 e. The number of nitrogens with one attached hydrogen (secondary N) is 1. The Hall–Kier alpha value is -1.69. The molecule has 0 unspecified atom stereocenters. The van der Waals surface area contributed by atoms with Gasteiger partial charge in [0.15, 0.2) is 0 Å². The molecule has 3 nitrogen and oxygen atoms in total. The lowest BCUT2D eigenvalue weighted by atomic mass is 10.0. The molecule has 0 amide bonds. The van der Waals surface area contributed by atoms with E-state index in [1.54, 1.807) is 18.3 Å². The molecule has 1 heterocycles. The maximum atomic E-state index is 12.2. The van der Waals surface area contributed by atoms with Crippen LogP contribution in [-0.2, 0) is 0 Å². The number of hydrogen-bond donors (Lipinski definition) is 3. The molecule has 6 heteroatoms. The third-order valence-electron chi connectivity index (χ3n) is 2.59. The van der Waals surface area contributed by atoms with E-state index in [1.165, 1.54) is 6.07 Å². The first-order valence-corrected chi connectivity index (χ1v) is 5.00. The molecule has 0 aliphatic heterocycles. The molecule has 0 saturated carbocycles. The molecule has 1 atom stereocenters. The molecule has 17 heavy (non-hydrogen) atoms. The fraction of sp³-hybridized carbons (Fsp3) is 0.273. The van der Waals surface area contributed by atoms with Crippen molar-refractivity contribution in [3.63, 3.8) is 0 Å². The number of rotatable bonds is 2. The zero-order valence-corrected chi connectivity index (χ0v) is 8.75. The number of halogens is 3. The average molecular weight is 244 g/mol. The number of benzene rings is 1. The summed E-state index contributed by atoms with van der Waals surface area (Å²) in [6.45, 7) is 0. The van der Waals surface area contributed by atoms with Gasteiger partial charge in [0.25, 0.3) is 0 Å². The predicted octanol–water partition coefficient (Wildman–Crippen LogP) is 2.83. The fourth-order valence-electron chi connectivity index (χ4n) is 1.79. The Labute approximate surface area is 95.0 Å². The summed E-state index contributed by atoms with van der Waals surface area (Å²) < 4.78 is 36.6. The van der Waals surface area contributed by atoms with Gasteiger partial charge in [0.1, 0.15) is 5.75 Å². The fourth-order valence-corrected chi connectivity index (χ4v) is 1.79. The van der Waals surface area contributed by atoms with Gasteiger partial charge in [0.05, 0.1) is 6.42 Å². The van der Waals surface area contributed by atoms with E-state index >= 15 is 0 Å². The molecular weight excluding hydrogens is 233 g/mol. The van der Waals surface area contributed by atoms with Gasteiger partial charge in [-0.25, -0.2) is 0 Å². The Morgan fingerprint density at radius 1 is 1.29 bits per heavy atom. The third-order valence-corrected chi connectivity index (χ3v) is 2.59. The Bertz CT molecular complexity index is 533. The number of H-pyrrole nitrogens is 1. The molecule has 1 aromatic heterocycles. The standard InChI is InChI=1S/C11H11F3N2O/c12-11(13,14)5-8(15)6-1-2-9-7(10(6)17)3-4-16-9/h1-4,8,16-17H,5,15H2/t8-/m0/s1. The molecule has 0 radical (unpaired) electrons. The van der Waals surface area contributed by atoms with Gasteiger partial charge in [0.2, 0.25) is 0 Å². The number of aromatic hydroxyl groups is 1. The van der Waals surface area contributed by atoms with E-state index in [2.05, 4.69) is 4.98 Å². The number of phenolic OH excluding ortho intramolecular Hbond substituents is 1. The molecule has 2 aromatic rings. The van der Waals surface area contributed by atoms with E-state index in [9.17, 15) is 18.3 Å². The molecule has 1 aromatic carbocycles. The molecule has 0 aliphatic carbocycles. The van der Waals surface area contributed by atoms with E-state index < -0.39 is 18.6 Å². The van der Waals surface area contributed by atoms with Crippen LogP contribution in [0.15, 0.2) is 24.4 Å². The van der Waals surface area contributed by atoms with Crippen molar-refractivity contribution in [2.24, 2.45) is 5.73 Å². The van der Waals surface area contributed by atoms with Crippen LogP contribution in [0, 0.1) is 0 Å². The minimum absolute atomic E-state index is 0.106. The van der Waals surface area contributed by atoms with Gasteiger partial charge in [-0.2, -0.15) is 13.2 Å². The maximum absolute atomic E-state index is 12.2.